The predicted molar refractivity (Wildman–Crippen MR) is 119 cm³/mol. The SMILES string of the molecule is COCc1nc(CN=C(N)N2CCN(c3ccc(Cl)cc3)CC2)cs1.I. The van der Waals surface area contributed by atoms with Gasteiger partial charge in [-0.05, 0) is 24.3 Å². The van der Waals surface area contributed by atoms with Gasteiger partial charge in [-0.1, -0.05) is 11.6 Å². The number of thiazole rings is 1. The van der Waals surface area contributed by atoms with Crippen molar-refractivity contribution in [2.75, 3.05) is 38.2 Å². The number of nitrogens with zero attached hydrogens (tertiary/aromatic N) is 4. The van der Waals surface area contributed by atoms with Crippen molar-refractivity contribution in [3.8, 4) is 0 Å². The normalized spacial score (nSPS) is 15.1. The van der Waals surface area contributed by atoms with Crippen LogP contribution in [0.15, 0.2) is 34.6 Å². The molecular formula is C17H23ClIN5OS. The van der Waals surface area contributed by atoms with Crippen LogP contribution < -0.4 is 10.6 Å². The lowest BCUT2D eigenvalue weighted by Crippen LogP contribution is -2.51. The molecule has 26 heavy (non-hydrogen) atoms. The van der Waals surface area contributed by atoms with E-state index in [9.17, 15) is 0 Å². The van der Waals surface area contributed by atoms with Gasteiger partial charge in [0, 0.05) is 49.4 Å². The molecule has 3 rings (SSSR count). The molecule has 6 nitrogen and oxygen atoms in total. The van der Waals surface area contributed by atoms with E-state index in [4.69, 9.17) is 22.1 Å². The van der Waals surface area contributed by atoms with E-state index in [-0.39, 0.29) is 24.0 Å². The standard InChI is InChI=1S/C17H22ClN5OS.HI/c1-24-11-16-21-14(12-25-16)10-20-17(19)23-8-6-22(7-9-23)15-4-2-13(18)3-5-15;/h2-5,12H,6-11H2,1H3,(H2,19,20);1H. The van der Waals surface area contributed by atoms with Crippen molar-refractivity contribution in [1.29, 1.82) is 0 Å². The Balaban J connectivity index is 0.00000243. The molecule has 1 aliphatic heterocycles. The number of halogens is 2. The Kier molecular flexibility index (Phi) is 8.39. The quantitative estimate of drug-likeness (QED) is 0.382. The third-order valence-corrected chi connectivity index (χ3v) is 5.19. The van der Waals surface area contributed by atoms with Crippen molar-refractivity contribution in [2.45, 2.75) is 13.2 Å². The van der Waals surface area contributed by atoms with E-state index in [0.29, 0.717) is 19.1 Å². The highest BCUT2D eigenvalue weighted by molar-refractivity contribution is 14.0. The average molecular weight is 508 g/mol. The first-order valence-electron chi connectivity index (χ1n) is 8.13. The van der Waals surface area contributed by atoms with Gasteiger partial charge in [-0.2, -0.15) is 0 Å². The largest absolute Gasteiger partial charge is 0.378 e. The number of benzene rings is 1. The van der Waals surface area contributed by atoms with Gasteiger partial charge in [0.25, 0.3) is 0 Å². The van der Waals surface area contributed by atoms with Gasteiger partial charge >= 0.3 is 0 Å². The number of guanidine groups is 1. The highest BCUT2D eigenvalue weighted by atomic mass is 127. The van der Waals surface area contributed by atoms with Crippen molar-refractivity contribution in [2.24, 2.45) is 10.7 Å². The maximum atomic E-state index is 6.16. The number of rotatable bonds is 5. The number of nitrogens with two attached hydrogens (primary N) is 1. The van der Waals surface area contributed by atoms with E-state index in [1.165, 1.54) is 5.69 Å². The van der Waals surface area contributed by atoms with Crippen molar-refractivity contribution >= 4 is 58.6 Å². The van der Waals surface area contributed by atoms with Gasteiger partial charge in [0.05, 0.1) is 18.8 Å². The zero-order valence-electron chi connectivity index (χ0n) is 14.6. The Morgan fingerprint density at radius 3 is 2.62 bits per heavy atom. The Bertz CT molecular complexity index is 716. The average Bonchev–Trinajstić information content (AvgIpc) is 3.08. The van der Waals surface area contributed by atoms with Crippen molar-refractivity contribution in [1.82, 2.24) is 9.88 Å². The molecular weight excluding hydrogens is 485 g/mol. The molecule has 0 spiro atoms. The highest BCUT2D eigenvalue weighted by Gasteiger charge is 2.18. The molecule has 0 unspecified atom stereocenters. The maximum absolute atomic E-state index is 6.16. The molecule has 1 fully saturated rings. The number of hydrogen-bond acceptors (Lipinski definition) is 5. The summed E-state index contributed by atoms with van der Waals surface area (Å²) >= 11 is 7.53. The van der Waals surface area contributed by atoms with Crippen LogP contribution in [-0.4, -0.2) is 49.1 Å². The molecule has 1 aliphatic rings. The molecule has 1 aromatic heterocycles. The summed E-state index contributed by atoms with van der Waals surface area (Å²) in [4.78, 5) is 13.4. The van der Waals surface area contributed by atoms with Gasteiger partial charge < -0.3 is 20.3 Å². The predicted octanol–water partition coefficient (Wildman–Crippen LogP) is 3.20. The Morgan fingerprint density at radius 1 is 1.27 bits per heavy atom. The smallest absolute Gasteiger partial charge is 0.191 e. The van der Waals surface area contributed by atoms with Crippen LogP contribution in [0.1, 0.15) is 10.7 Å². The molecule has 9 heteroatoms. The van der Waals surface area contributed by atoms with Gasteiger partial charge in [-0.3, -0.25) is 0 Å². The van der Waals surface area contributed by atoms with Crippen LogP contribution in [0.3, 0.4) is 0 Å². The zero-order chi connectivity index (χ0) is 17.6. The minimum absolute atomic E-state index is 0. The van der Waals surface area contributed by atoms with Gasteiger partial charge in [-0.25, -0.2) is 9.98 Å². The van der Waals surface area contributed by atoms with Crippen LogP contribution in [0.4, 0.5) is 5.69 Å². The third kappa shape index (κ3) is 5.70. The molecule has 0 bridgehead atoms. The first-order valence-corrected chi connectivity index (χ1v) is 9.39. The van der Waals surface area contributed by atoms with E-state index in [0.717, 1.165) is 41.9 Å². The van der Waals surface area contributed by atoms with E-state index in [1.54, 1.807) is 18.4 Å². The number of ether oxygens (including phenoxy) is 1. The van der Waals surface area contributed by atoms with Crippen LogP contribution in [0.25, 0.3) is 0 Å². The molecule has 0 aliphatic carbocycles. The molecule has 1 saturated heterocycles. The first-order chi connectivity index (χ1) is 12.2. The summed E-state index contributed by atoms with van der Waals surface area (Å²) < 4.78 is 5.08. The van der Waals surface area contributed by atoms with Crippen molar-refractivity contribution in [3.63, 3.8) is 0 Å². The minimum atomic E-state index is 0. The molecule has 2 N–H and O–H groups in total. The van der Waals surface area contributed by atoms with Gasteiger partial charge in [0.2, 0.25) is 0 Å². The maximum Gasteiger partial charge on any atom is 0.191 e. The lowest BCUT2D eigenvalue weighted by atomic mass is 10.2. The van der Waals surface area contributed by atoms with Gasteiger partial charge in [0.1, 0.15) is 5.01 Å². The second-order valence-corrected chi connectivity index (χ2v) is 7.17. The fourth-order valence-electron chi connectivity index (χ4n) is 2.72. The number of piperazine rings is 1. The lowest BCUT2D eigenvalue weighted by Gasteiger charge is -2.36. The van der Waals surface area contributed by atoms with Gasteiger partial charge in [-0.15, -0.1) is 35.3 Å². The molecule has 2 heterocycles. The molecule has 142 valence electrons. The minimum Gasteiger partial charge on any atom is -0.378 e. The molecule has 1 aromatic carbocycles. The number of aromatic nitrogens is 1. The Morgan fingerprint density at radius 2 is 1.96 bits per heavy atom. The number of hydrogen-bond donors (Lipinski definition) is 1. The van der Waals surface area contributed by atoms with Crippen LogP contribution in [-0.2, 0) is 17.9 Å². The van der Waals surface area contributed by atoms with Crippen LogP contribution in [0.5, 0.6) is 0 Å². The van der Waals surface area contributed by atoms with Crippen molar-refractivity contribution < 1.29 is 4.74 Å². The molecule has 0 atom stereocenters. The topological polar surface area (TPSA) is 67.0 Å². The number of methoxy groups -OCH3 is 1. The summed E-state index contributed by atoms with van der Waals surface area (Å²) in [5.41, 5.74) is 8.27. The summed E-state index contributed by atoms with van der Waals surface area (Å²) in [5, 5.41) is 3.72. The third-order valence-electron chi connectivity index (χ3n) is 4.07. The summed E-state index contributed by atoms with van der Waals surface area (Å²) in [6.07, 6.45) is 0. The fraction of sp³-hybridized carbons (Fsp3) is 0.412. The second-order valence-electron chi connectivity index (χ2n) is 5.79. The highest BCUT2D eigenvalue weighted by Crippen LogP contribution is 2.19. The summed E-state index contributed by atoms with van der Waals surface area (Å²) in [6, 6.07) is 7.94. The van der Waals surface area contributed by atoms with Gasteiger partial charge in [0.15, 0.2) is 5.96 Å². The second kappa shape index (κ2) is 10.3. The molecule has 0 saturated carbocycles. The van der Waals surface area contributed by atoms with Crippen LogP contribution in [0, 0.1) is 0 Å². The Hall–Kier alpha value is -1.10. The Labute approximate surface area is 180 Å². The number of aliphatic imine (C=N–C) groups is 1. The molecule has 0 amide bonds. The van der Waals surface area contributed by atoms with E-state index in [2.05, 4.69) is 31.9 Å². The van der Waals surface area contributed by atoms with E-state index < -0.39 is 0 Å². The summed E-state index contributed by atoms with van der Waals surface area (Å²) in [7, 11) is 1.67. The summed E-state index contributed by atoms with van der Waals surface area (Å²) in [5.74, 6) is 0.581. The monoisotopic (exact) mass is 507 g/mol. The number of anilines is 1. The zero-order valence-corrected chi connectivity index (χ0v) is 18.5. The fourth-order valence-corrected chi connectivity index (χ4v) is 3.60. The summed E-state index contributed by atoms with van der Waals surface area (Å²) in [6.45, 7) is 4.56. The molecule has 2 aromatic rings. The van der Waals surface area contributed by atoms with E-state index in [1.807, 2.05) is 17.5 Å². The first kappa shape index (κ1) is 21.2. The van der Waals surface area contributed by atoms with Crippen molar-refractivity contribution in [3.05, 3.63) is 45.4 Å². The van der Waals surface area contributed by atoms with Crippen LogP contribution >= 0.6 is 46.9 Å². The van der Waals surface area contributed by atoms with E-state index >= 15 is 0 Å². The molecule has 0 radical (unpaired) electrons. The van der Waals surface area contributed by atoms with Crippen LogP contribution in [0.2, 0.25) is 5.02 Å². The lowest BCUT2D eigenvalue weighted by molar-refractivity contribution is 0.184.